The summed E-state index contributed by atoms with van der Waals surface area (Å²) in [6.45, 7) is 4.98. The summed E-state index contributed by atoms with van der Waals surface area (Å²) in [4.78, 5) is 25.6. The van der Waals surface area contributed by atoms with Crippen LogP contribution in [0, 0.1) is 5.41 Å². The van der Waals surface area contributed by atoms with Gasteiger partial charge in [0.1, 0.15) is 0 Å². The molecule has 1 fully saturated rings. The molecule has 0 unspecified atom stereocenters. The number of nitrogens with zero attached hydrogens (tertiary/aromatic N) is 1. The lowest BCUT2D eigenvalue weighted by Gasteiger charge is -2.34. The lowest BCUT2D eigenvalue weighted by Crippen LogP contribution is -2.42. The standard InChI is InChI=1S/C15H25NO4/c1-3-9-16(10-11-20-2)13(17)12-15(14(18)19)7-5-4-6-8-15/h3H,1,4-12H2,2H3,(H,18,19). The molecule has 1 amide bonds. The van der Waals surface area contributed by atoms with E-state index in [1.54, 1.807) is 18.1 Å². The zero-order chi connectivity index (χ0) is 15.0. The van der Waals surface area contributed by atoms with Gasteiger partial charge in [0.25, 0.3) is 0 Å². The van der Waals surface area contributed by atoms with Crippen LogP contribution in [-0.2, 0) is 14.3 Å². The van der Waals surface area contributed by atoms with E-state index in [0.717, 1.165) is 19.3 Å². The van der Waals surface area contributed by atoms with Gasteiger partial charge in [-0.15, -0.1) is 6.58 Å². The van der Waals surface area contributed by atoms with Crippen LogP contribution < -0.4 is 0 Å². The van der Waals surface area contributed by atoms with Crippen molar-refractivity contribution in [2.45, 2.75) is 38.5 Å². The number of carbonyl (C=O) groups excluding carboxylic acids is 1. The Morgan fingerprint density at radius 3 is 2.50 bits per heavy atom. The summed E-state index contributed by atoms with van der Waals surface area (Å²) in [5.74, 6) is -0.956. The maximum atomic E-state index is 12.4. The van der Waals surface area contributed by atoms with Crippen molar-refractivity contribution < 1.29 is 19.4 Å². The summed E-state index contributed by atoms with van der Waals surface area (Å²) in [6.07, 6.45) is 5.77. The van der Waals surface area contributed by atoms with Crippen LogP contribution in [0.4, 0.5) is 0 Å². The highest BCUT2D eigenvalue weighted by atomic mass is 16.5. The Labute approximate surface area is 120 Å². The molecule has 0 atom stereocenters. The highest BCUT2D eigenvalue weighted by molar-refractivity contribution is 5.85. The minimum absolute atomic E-state index is 0.0832. The van der Waals surface area contributed by atoms with E-state index in [1.165, 1.54) is 0 Å². The molecule has 0 aliphatic heterocycles. The van der Waals surface area contributed by atoms with Crippen molar-refractivity contribution >= 4 is 11.9 Å². The minimum atomic E-state index is -0.873. The monoisotopic (exact) mass is 283 g/mol. The van der Waals surface area contributed by atoms with E-state index in [-0.39, 0.29) is 12.3 Å². The van der Waals surface area contributed by atoms with Gasteiger partial charge in [0.2, 0.25) is 5.91 Å². The third-order valence-corrected chi connectivity index (χ3v) is 4.02. The van der Waals surface area contributed by atoms with E-state index in [9.17, 15) is 14.7 Å². The average molecular weight is 283 g/mol. The maximum absolute atomic E-state index is 12.4. The van der Waals surface area contributed by atoms with Crippen molar-refractivity contribution in [2.75, 3.05) is 26.8 Å². The molecule has 5 heteroatoms. The van der Waals surface area contributed by atoms with Gasteiger partial charge in [0.05, 0.1) is 12.0 Å². The molecule has 1 rings (SSSR count). The van der Waals surface area contributed by atoms with E-state index in [1.807, 2.05) is 0 Å². The van der Waals surface area contributed by atoms with Crippen molar-refractivity contribution in [2.24, 2.45) is 5.41 Å². The fourth-order valence-electron chi connectivity index (χ4n) is 2.77. The van der Waals surface area contributed by atoms with Crippen LogP contribution in [0.5, 0.6) is 0 Å². The molecule has 0 bridgehead atoms. The predicted octanol–water partition coefficient (Wildman–Crippen LogP) is 2.07. The summed E-state index contributed by atoms with van der Waals surface area (Å²) >= 11 is 0. The van der Waals surface area contributed by atoms with Crippen LogP contribution in [0.1, 0.15) is 38.5 Å². The highest BCUT2D eigenvalue weighted by Crippen LogP contribution is 2.40. The molecule has 0 spiro atoms. The molecule has 0 saturated heterocycles. The van der Waals surface area contributed by atoms with Gasteiger partial charge in [-0.05, 0) is 12.8 Å². The fourth-order valence-corrected chi connectivity index (χ4v) is 2.77. The average Bonchev–Trinajstić information content (AvgIpc) is 2.44. The number of carbonyl (C=O) groups is 2. The van der Waals surface area contributed by atoms with Crippen molar-refractivity contribution in [1.29, 1.82) is 0 Å². The van der Waals surface area contributed by atoms with Gasteiger partial charge < -0.3 is 14.7 Å². The summed E-state index contributed by atoms with van der Waals surface area (Å²) in [6, 6.07) is 0. The Kier molecular flexibility index (Phi) is 6.71. The molecule has 114 valence electrons. The number of aliphatic carboxylic acids is 1. The van der Waals surface area contributed by atoms with E-state index in [0.29, 0.717) is 32.5 Å². The normalized spacial score (nSPS) is 17.4. The van der Waals surface area contributed by atoms with Crippen molar-refractivity contribution in [1.82, 2.24) is 4.90 Å². The molecular formula is C15H25NO4. The number of methoxy groups -OCH3 is 1. The molecule has 0 heterocycles. The number of amides is 1. The number of carboxylic acid groups (broad SMARTS) is 1. The quantitative estimate of drug-likeness (QED) is 0.693. The van der Waals surface area contributed by atoms with Crippen LogP contribution in [0.25, 0.3) is 0 Å². The summed E-state index contributed by atoms with van der Waals surface area (Å²) in [5.41, 5.74) is -0.873. The molecule has 1 aliphatic carbocycles. The summed E-state index contributed by atoms with van der Waals surface area (Å²) < 4.78 is 4.99. The second kappa shape index (κ2) is 8.04. The SMILES string of the molecule is C=CCN(CCOC)C(=O)CC1(C(=O)O)CCCCC1. The van der Waals surface area contributed by atoms with Crippen molar-refractivity contribution in [3.63, 3.8) is 0 Å². The molecule has 1 aliphatic rings. The molecular weight excluding hydrogens is 258 g/mol. The molecule has 20 heavy (non-hydrogen) atoms. The topological polar surface area (TPSA) is 66.8 Å². The van der Waals surface area contributed by atoms with Gasteiger partial charge in [0.15, 0.2) is 0 Å². The van der Waals surface area contributed by atoms with E-state index in [4.69, 9.17) is 4.74 Å². The second-order valence-corrected chi connectivity index (χ2v) is 5.44. The molecule has 5 nitrogen and oxygen atoms in total. The maximum Gasteiger partial charge on any atom is 0.310 e. The number of hydrogen-bond donors (Lipinski definition) is 1. The van der Waals surface area contributed by atoms with Gasteiger partial charge >= 0.3 is 5.97 Å². The summed E-state index contributed by atoms with van der Waals surface area (Å²) in [5, 5.41) is 9.51. The lowest BCUT2D eigenvalue weighted by atomic mass is 9.71. The summed E-state index contributed by atoms with van der Waals surface area (Å²) in [7, 11) is 1.58. The molecule has 0 radical (unpaired) electrons. The number of ether oxygens (including phenoxy) is 1. The number of hydrogen-bond acceptors (Lipinski definition) is 3. The third-order valence-electron chi connectivity index (χ3n) is 4.02. The van der Waals surface area contributed by atoms with Gasteiger partial charge in [-0.3, -0.25) is 9.59 Å². The van der Waals surface area contributed by atoms with Crippen molar-refractivity contribution in [3.8, 4) is 0 Å². The van der Waals surface area contributed by atoms with E-state index >= 15 is 0 Å². The Bertz CT molecular complexity index is 348. The molecule has 0 aromatic rings. The van der Waals surface area contributed by atoms with E-state index < -0.39 is 11.4 Å². The highest BCUT2D eigenvalue weighted by Gasteiger charge is 2.42. The Balaban J connectivity index is 2.72. The first-order valence-corrected chi connectivity index (χ1v) is 7.17. The zero-order valence-corrected chi connectivity index (χ0v) is 12.3. The van der Waals surface area contributed by atoms with Gasteiger partial charge in [-0.1, -0.05) is 25.3 Å². The van der Waals surface area contributed by atoms with Gasteiger partial charge in [-0.25, -0.2) is 0 Å². The van der Waals surface area contributed by atoms with Gasteiger partial charge in [-0.2, -0.15) is 0 Å². The zero-order valence-electron chi connectivity index (χ0n) is 12.3. The third kappa shape index (κ3) is 4.34. The van der Waals surface area contributed by atoms with Crippen LogP contribution in [0.15, 0.2) is 12.7 Å². The second-order valence-electron chi connectivity index (χ2n) is 5.44. The van der Waals surface area contributed by atoms with Crippen LogP contribution in [0.3, 0.4) is 0 Å². The predicted molar refractivity (Wildman–Crippen MR) is 76.4 cm³/mol. The first-order valence-electron chi connectivity index (χ1n) is 7.17. The molecule has 0 aromatic heterocycles. The number of rotatable bonds is 8. The molecule has 1 N–H and O–H groups in total. The van der Waals surface area contributed by atoms with Crippen molar-refractivity contribution in [3.05, 3.63) is 12.7 Å². The van der Waals surface area contributed by atoms with Gasteiger partial charge in [0, 0.05) is 26.6 Å². The Hall–Kier alpha value is -1.36. The first kappa shape index (κ1) is 16.7. The lowest BCUT2D eigenvalue weighted by molar-refractivity contribution is -0.156. The Morgan fingerprint density at radius 1 is 1.35 bits per heavy atom. The fraction of sp³-hybridized carbons (Fsp3) is 0.733. The molecule has 1 saturated carbocycles. The molecule has 0 aromatic carbocycles. The minimum Gasteiger partial charge on any atom is -0.481 e. The van der Waals surface area contributed by atoms with E-state index in [2.05, 4.69) is 6.58 Å². The van der Waals surface area contributed by atoms with Crippen LogP contribution in [-0.4, -0.2) is 48.7 Å². The number of carboxylic acids is 1. The largest absolute Gasteiger partial charge is 0.481 e. The van der Waals surface area contributed by atoms with Crippen LogP contribution >= 0.6 is 0 Å². The first-order chi connectivity index (χ1) is 9.55. The Morgan fingerprint density at radius 2 is 2.00 bits per heavy atom. The smallest absolute Gasteiger partial charge is 0.310 e. The van der Waals surface area contributed by atoms with Crippen LogP contribution in [0.2, 0.25) is 0 Å².